The van der Waals surface area contributed by atoms with E-state index in [1.807, 2.05) is 0 Å². The van der Waals surface area contributed by atoms with Crippen molar-refractivity contribution in [1.29, 1.82) is 0 Å². The fourth-order valence-corrected chi connectivity index (χ4v) is 1.78. The number of hydrogen-bond donors (Lipinski definition) is 0. The molecule has 0 bridgehead atoms. The van der Waals surface area contributed by atoms with Crippen molar-refractivity contribution in [3.63, 3.8) is 0 Å². The van der Waals surface area contributed by atoms with Gasteiger partial charge in [-0.25, -0.2) is 0 Å². The summed E-state index contributed by atoms with van der Waals surface area (Å²) in [5.74, 6) is 0.951. The van der Waals surface area contributed by atoms with Crippen molar-refractivity contribution in [2.45, 2.75) is 38.5 Å². The first-order valence-electron chi connectivity index (χ1n) is 4.28. The molecule has 1 saturated heterocycles. The maximum Gasteiger partial charge on any atom is 0.311 e. The Morgan fingerprint density at radius 2 is 1.73 bits per heavy atom. The predicted octanol–water partition coefficient (Wildman–Crippen LogP) is 2.15. The van der Waals surface area contributed by atoms with Crippen LogP contribution in [-0.4, -0.2) is 5.97 Å². The fourth-order valence-electron chi connectivity index (χ4n) is 1.78. The minimum Gasteiger partial charge on any atom is -0.431 e. The zero-order valence-corrected chi connectivity index (χ0v) is 6.56. The number of carbonyl (C=O) groups excluding carboxylic acids is 1. The summed E-state index contributed by atoms with van der Waals surface area (Å²) in [5.41, 5.74) is 1.40. The molecule has 0 N–H and O–H groups in total. The Morgan fingerprint density at radius 1 is 1.00 bits per heavy atom. The van der Waals surface area contributed by atoms with Crippen molar-refractivity contribution in [1.82, 2.24) is 0 Å². The number of rotatable bonds is 0. The van der Waals surface area contributed by atoms with E-state index in [1.165, 1.54) is 18.4 Å². The summed E-state index contributed by atoms with van der Waals surface area (Å²) in [6.45, 7) is 0. The van der Waals surface area contributed by atoms with E-state index < -0.39 is 0 Å². The fraction of sp³-hybridized carbons (Fsp3) is 0.667. The van der Waals surface area contributed by atoms with Crippen molar-refractivity contribution in [3.05, 3.63) is 11.3 Å². The summed E-state index contributed by atoms with van der Waals surface area (Å²) in [6.07, 6.45) is 6.31. The molecule has 2 heteroatoms. The van der Waals surface area contributed by atoms with Crippen LogP contribution in [0.25, 0.3) is 0 Å². The molecule has 0 unspecified atom stereocenters. The third-order valence-corrected chi connectivity index (χ3v) is 2.39. The smallest absolute Gasteiger partial charge is 0.311 e. The van der Waals surface area contributed by atoms with Crippen molar-refractivity contribution in [2.24, 2.45) is 0 Å². The van der Waals surface area contributed by atoms with E-state index in [1.54, 1.807) is 0 Å². The molecule has 0 amide bonds. The normalized spacial score (nSPS) is 24.5. The van der Waals surface area contributed by atoms with Gasteiger partial charge in [0.2, 0.25) is 0 Å². The van der Waals surface area contributed by atoms with Gasteiger partial charge < -0.3 is 4.74 Å². The van der Waals surface area contributed by atoms with Gasteiger partial charge in [0.1, 0.15) is 5.76 Å². The molecule has 0 aromatic carbocycles. The molecule has 0 atom stereocenters. The lowest BCUT2D eigenvalue weighted by Gasteiger charge is -2.00. The van der Waals surface area contributed by atoms with Gasteiger partial charge in [0, 0.05) is 6.42 Å². The van der Waals surface area contributed by atoms with Crippen molar-refractivity contribution in [3.8, 4) is 0 Å². The Kier molecular flexibility index (Phi) is 1.68. The largest absolute Gasteiger partial charge is 0.431 e. The van der Waals surface area contributed by atoms with Gasteiger partial charge in [-0.2, -0.15) is 0 Å². The maximum atomic E-state index is 10.8. The number of cyclic esters (lactones) is 1. The Hall–Kier alpha value is -0.790. The average molecular weight is 152 g/mol. The Balaban J connectivity index is 2.13. The molecule has 1 aliphatic heterocycles. The van der Waals surface area contributed by atoms with E-state index in [9.17, 15) is 4.79 Å². The molecule has 2 aliphatic rings. The lowest BCUT2D eigenvalue weighted by atomic mass is 10.1. The molecule has 11 heavy (non-hydrogen) atoms. The molecular formula is C9H12O2. The van der Waals surface area contributed by atoms with E-state index >= 15 is 0 Å². The van der Waals surface area contributed by atoms with Crippen LogP contribution < -0.4 is 0 Å². The van der Waals surface area contributed by atoms with Gasteiger partial charge >= 0.3 is 5.97 Å². The van der Waals surface area contributed by atoms with E-state index in [-0.39, 0.29) is 5.97 Å². The van der Waals surface area contributed by atoms with Crippen LogP contribution >= 0.6 is 0 Å². The standard InChI is InChI=1S/C9H12O2/c10-9-6-5-8(11-9)7-3-1-2-4-7/h1-6H2. The zero-order valence-electron chi connectivity index (χ0n) is 6.56. The second kappa shape index (κ2) is 2.68. The monoisotopic (exact) mass is 152 g/mol. The second-order valence-corrected chi connectivity index (χ2v) is 3.21. The Labute approximate surface area is 66.2 Å². The number of ether oxygens (including phenoxy) is 1. The van der Waals surface area contributed by atoms with Gasteiger partial charge in [-0.1, -0.05) is 0 Å². The van der Waals surface area contributed by atoms with Gasteiger partial charge in [0.15, 0.2) is 0 Å². The average Bonchev–Trinajstić information content (AvgIpc) is 2.55. The second-order valence-electron chi connectivity index (χ2n) is 3.21. The quantitative estimate of drug-likeness (QED) is 0.497. The lowest BCUT2D eigenvalue weighted by Crippen LogP contribution is -1.91. The topological polar surface area (TPSA) is 26.3 Å². The Morgan fingerprint density at radius 3 is 2.27 bits per heavy atom. The van der Waals surface area contributed by atoms with Crippen LogP contribution in [0.5, 0.6) is 0 Å². The molecule has 1 aliphatic carbocycles. The van der Waals surface area contributed by atoms with Gasteiger partial charge in [-0.05, 0) is 31.3 Å². The summed E-state index contributed by atoms with van der Waals surface area (Å²) in [7, 11) is 0. The summed E-state index contributed by atoms with van der Waals surface area (Å²) >= 11 is 0. The van der Waals surface area contributed by atoms with Crippen LogP contribution in [0.3, 0.4) is 0 Å². The van der Waals surface area contributed by atoms with Crippen LogP contribution in [0.2, 0.25) is 0 Å². The molecule has 1 heterocycles. The number of esters is 1. The summed E-state index contributed by atoms with van der Waals surface area (Å²) in [4.78, 5) is 10.8. The minimum atomic E-state index is -0.0422. The van der Waals surface area contributed by atoms with Crippen LogP contribution in [0.15, 0.2) is 11.3 Å². The number of allylic oxidation sites excluding steroid dienone is 2. The number of hydrogen-bond acceptors (Lipinski definition) is 2. The first-order chi connectivity index (χ1) is 5.36. The summed E-state index contributed by atoms with van der Waals surface area (Å²) in [5, 5.41) is 0. The van der Waals surface area contributed by atoms with Gasteiger partial charge in [-0.15, -0.1) is 0 Å². The van der Waals surface area contributed by atoms with E-state index in [2.05, 4.69) is 0 Å². The summed E-state index contributed by atoms with van der Waals surface area (Å²) < 4.78 is 5.09. The minimum absolute atomic E-state index is 0.0422. The predicted molar refractivity (Wildman–Crippen MR) is 40.8 cm³/mol. The van der Waals surface area contributed by atoms with Crippen molar-refractivity contribution >= 4 is 5.97 Å². The van der Waals surface area contributed by atoms with Crippen LogP contribution in [-0.2, 0) is 9.53 Å². The highest BCUT2D eigenvalue weighted by molar-refractivity contribution is 5.73. The molecule has 2 nitrogen and oxygen atoms in total. The third kappa shape index (κ3) is 1.30. The first-order valence-corrected chi connectivity index (χ1v) is 4.28. The zero-order chi connectivity index (χ0) is 7.68. The van der Waals surface area contributed by atoms with Crippen LogP contribution in [0, 0.1) is 0 Å². The molecule has 0 spiro atoms. The third-order valence-electron chi connectivity index (χ3n) is 2.39. The van der Waals surface area contributed by atoms with E-state index in [0.29, 0.717) is 6.42 Å². The van der Waals surface area contributed by atoms with Crippen molar-refractivity contribution < 1.29 is 9.53 Å². The van der Waals surface area contributed by atoms with Gasteiger partial charge in [-0.3, -0.25) is 4.79 Å². The highest BCUT2D eigenvalue weighted by Crippen LogP contribution is 2.32. The van der Waals surface area contributed by atoms with Crippen molar-refractivity contribution in [2.75, 3.05) is 0 Å². The molecule has 60 valence electrons. The highest BCUT2D eigenvalue weighted by atomic mass is 16.5. The molecule has 1 saturated carbocycles. The Bertz CT molecular complexity index is 208. The lowest BCUT2D eigenvalue weighted by molar-refractivity contribution is -0.135. The molecule has 0 aromatic heterocycles. The van der Waals surface area contributed by atoms with Crippen LogP contribution in [0.1, 0.15) is 38.5 Å². The maximum absolute atomic E-state index is 10.8. The molecular weight excluding hydrogens is 140 g/mol. The highest BCUT2D eigenvalue weighted by Gasteiger charge is 2.22. The molecule has 2 fully saturated rings. The van der Waals surface area contributed by atoms with Gasteiger partial charge in [0.05, 0.1) is 6.42 Å². The van der Waals surface area contributed by atoms with E-state index in [0.717, 1.165) is 25.0 Å². The molecule has 0 radical (unpaired) electrons. The van der Waals surface area contributed by atoms with Crippen LogP contribution in [0.4, 0.5) is 0 Å². The van der Waals surface area contributed by atoms with Gasteiger partial charge in [0.25, 0.3) is 0 Å². The molecule has 2 rings (SSSR count). The van der Waals surface area contributed by atoms with E-state index in [4.69, 9.17) is 4.74 Å². The SMILES string of the molecule is O=C1CCC(=C2CCCC2)O1. The summed E-state index contributed by atoms with van der Waals surface area (Å²) in [6, 6.07) is 0. The molecule has 0 aromatic rings. The number of carbonyl (C=O) groups is 1. The first kappa shape index (κ1) is 6.89.